The van der Waals surface area contributed by atoms with Crippen molar-refractivity contribution in [2.45, 2.75) is 19.4 Å². The van der Waals surface area contributed by atoms with E-state index in [1.54, 1.807) is 12.4 Å². The number of nitrogens with zero attached hydrogens (tertiary/aromatic N) is 5. The van der Waals surface area contributed by atoms with Crippen molar-refractivity contribution in [2.75, 3.05) is 45.9 Å². The van der Waals surface area contributed by atoms with Crippen LogP contribution in [0.2, 0.25) is 0 Å². The van der Waals surface area contributed by atoms with E-state index in [0.29, 0.717) is 6.54 Å². The molecule has 0 bridgehead atoms. The maximum Gasteiger partial charge on any atom is 0.236 e. The first kappa shape index (κ1) is 17.2. The number of hydrogen-bond donors (Lipinski definition) is 0. The van der Waals surface area contributed by atoms with Gasteiger partial charge in [0, 0.05) is 56.0 Å². The molecule has 7 nitrogen and oxygen atoms in total. The molecule has 0 radical (unpaired) electrons. The number of pyridine rings is 1. The van der Waals surface area contributed by atoms with E-state index in [1.807, 2.05) is 23.2 Å². The van der Waals surface area contributed by atoms with Crippen LogP contribution in [-0.4, -0.2) is 76.2 Å². The van der Waals surface area contributed by atoms with E-state index in [1.165, 1.54) is 0 Å². The highest BCUT2D eigenvalue weighted by Gasteiger charge is 2.30. The van der Waals surface area contributed by atoms with Crippen LogP contribution in [0.1, 0.15) is 18.2 Å². The minimum atomic E-state index is 0.220. The number of aromatic nitrogens is 3. The molecule has 0 aliphatic carbocycles. The second-order valence-corrected chi connectivity index (χ2v) is 7.00. The van der Waals surface area contributed by atoms with Crippen LogP contribution < -0.4 is 0 Å². The summed E-state index contributed by atoms with van der Waals surface area (Å²) in [6, 6.07) is 4.23. The van der Waals surface area contributed by atoms with Crippen LogP contribution in [0.4, 0.5) is 0 Å². The van der Waals surface area contributed by atoms with Gasteiger partial charge in [-0.15, -0.1) is 0 Å². The second kappa shape index (κ2) is 7.55. The molecular weight excluding hydrogens is 330 g/mol. The third-order valence-corrected chi connectivity index (χ3v) is 5.26. The first-order chi connectivity index (χ1) is 12.7. The summed E-state index contributed by atoms with van der Waals surface area (Å²) in [5.74, 6) is 1.18. The number of hydrogen-bond acceptors (Lipinski definition) is 5. The molecule has 2 aliphatic heterocycles. The number of aryl methyl sites for hydroxylation is 1. The Kier molecular flexibility index (Phi) is 4.99. The molecule has 4 heterocycles. The van der Waals surface area contributed by atoms with Gasteiger partial charge in [0.05, 0.1) is 25.8 Å². The molecule has 1 amide bonds. The van der Waals surface area contributed by atoms with Gasteiger partial charge >= 0.3 is 0 Å². The van der Waals surface area contributed by atoms with Crippen LogP contribution in [-0.2, 0) is 9.53 Å². The smallest absolute Gasteiger partial charge is 0.236 e. The Bertz CT molecular complexity index is 755. The van der Waals surface area contributed by atoms with E-state index in [9.17, 15) is 4.79 Å². The Morgan fingerprint density at radius 2 is 2.00 bits per heavy atom. The summed E-state index contributed by atoms with van der Waals surface area (Å²) in [5, 5.41) is 0. The lowest BCUT2D eigenvalue weighted by molar-refractivity contribution is -0.132. The van der Waals surface area contributed by atoms with Crippen molar-refractivity contribution in [3.05, 3.63) is 36.4 Å². The molecule has 2 aliphatic rings. The number of imidazole rings is 1. The lowest BCUT2D eigenvalue weighted by Gasteiger charge is -2.28. The standard InChI is InChI=1S/C19H25N5O2/c1-15-12-21-19(16-2-5-20-6-3-16)24(15)17-4-7-23(13-17)18(25)14-22-8-10-26-11-9-22/h2-3,5-6,12,17H,4,7-11,13-14H2,1H3. The van der Waals surface area contributed by atoms with Crippen LogP contribution >= 0.6 is 0 Å². The summed E-state index contributed by atoms with van der Waals surface area (Å²) in [6.45, 7) is 7.26. The van der Waals surface area contributed by atoms with E-state index in [2.05, 4.69) is 26.4 Å². The van der Waals surface area contributed by atoms with Gasteiger partial charge in [-0.25, -0.2) is 4.98 Å². The molecule has 2 aromatic heterocycles. The summed E-state index contributed by atoms with van der Waals surface area (Å²) in [6.07, 6.45) is 6.45. The topological polar surface area (TPSA) is 63.5 Å². The van der Waals surface area contributed by atoms with Crippen molar-refractivity contribution in [3.63, 3.8) is 0 Å². The Morgan fingerprint density at radius 3 is 2.77 bits per heavy atom. The molecule has 2 saturated heterocycles. The fourth-order valence-electron chi connectivity index (χ4n) is 3.85. The normalized spacial score (nSPS) is 21.3. The predicted octanol–water partition coefficient (Wildman–Crippen LogP) is 1.36. The quantitative estimate of drug-likeness (QED) is 0.829. The summed E-state index contributed by atoms with van der Waals surface area (Å²) in [5.41, 5.74) is 2.19. The molecule has 0 N–H and O–H groups in total. The number of carbonyl (C=O) groups is 1. The Hall–Kier alpha value is -2.25. The van der Waals surface area contributed by atoms with Crippen molar-refractivity contribution < 1.29 is 9.53 Å². The largest absolute Gasteiger partial charge is 0.379 e. The van der Waals surface area contributed by atoms with Gasteiger partial charge in [0.1, 0.15) is 5.82 Å². The van der Waals surface area contributed by atoms with Crippen LogP contribution in [0.15, 0.2) is 30.7 Å². The van der Waals surface area contributed by atoms with E-state index in [0.717, 1.165) is 62.9 Å². The average molecular weight is 355 g/mol. The van der Waals surface area contributed by atoms with E-state index >= 15 is 0 Å². The van der Waals surface area contributed by atoms with Gasteiger partial charge < -0.3 is 14.2 Å². The molecule has 26 heavy (non-hydrogen) atoms. The van der Waals surface area contributed by atoms with Crippen molar-refractivity contribution >= 4 is 5.91 Å². The van der Waals surface area contributed by atoms with Crippen LogP contribution in [0.3, 0.4) is 0 Å². The first-order valence-corrected chi connectivity index (χ1v) is 9.24. The van der Waals surface area contributed by atoms with Crippen LogP contribution in [0.25, 0.3) is 11.4 Å². The van der Waals surface area contributed by atoms with Crippen molar-refractivity contribution in [2.24, 2.45) is 0 Å². The molecule has 4 rings (SSSR count). The number of carbonyl (C=O) groups excluding carboxylic acids is 1. The summed E-state index contributed by atoms with van der Waals surface area (Å²) in [7, 11) is 0. The molecular formula is C19H25N5O2. The first-order valence-electron chi connectivity index (χ1n) is 9.24. The number of morpholine rings is 1. The highest BCUT2D eigenvalue weighted by atomic mass is 16.5. The van der Waals surface area contributed by atoms with Gasteiger partial charge in [0.2, 0.25) is 5.91 Å². The second-order valence-electron chi connectivity index (χ2n) is 7.00. The lowest BCUT2D eigenvalue weighted by atomic mass is 10.2. The third kappa shape index (κ3) is 3.50. The zero-order valence-corrected chi connectivity index (χ0v) is 15.2. The predicted molar refractivity (Wildman–Crippen MR) is 97.7 cm³/mol. The fraction of sp³-hybridized carbons (Fsp3) is 0.526. The van der Waals surface area contributed by atoms with Crippen LogP contribution in [0, 0.1) is 6.92 Å². The van der Waals surface area contributed by atoms with E-state index in [4.69, 9.17) is 4.74 Å². The lowest BCUT2D eigenvalue weighted by Crippen LogP contribution is -2.44. The molecule has 0 spiro atoms. The molecule has 0 saturated carbocycles. The van der Waals surface area contributed by atoms with Gasteiger partial charge in [0.25, 0.3) is 0 Å². The Morgan fingerprint density at radius 1 is 1.23 bits per heavy atom. The zero-order chi connectivity index (χ0) is 17.9. The summed E-state index contributed by atoms with van der Waals surface area (Å²) < 4.78 is 7.64. The number of ether oxygens (including phenoxy) is 1. The molecule has 1 atom stereocenters. The van der Waals surface area contributed by atoms with Crippen LogP contribution in [0.5, 0.6) is 0 Å². The summed E-state index contributed by atoms with van der Waals surface area (Å²) in [4.78, 5) is 25.6. The highest BCUT2D eigenvalue weighted by Crippen LogP contribution is 2.29. The SMILES string of the molecule is Cc1cnc(-c2ccncc2)n1C1CCN(C(=O)CN2CCOCC2)C1. The van der Waals surface area contributed by atoms with Gasteiger partial charge in [-0.3, -0.25) is 14.7 Å². The molecule has 2 fully saturated rings. The van der Waals surface area contributed by atoms with Crippen molar-refractivity contribution in [1.29, 1.82) is 0 Å². The number of amides is 1. The van der Waals surface area contributed by atoms with Gasteiger partial charge in [0.15, 0.2) is 0 Å². The number of likely N-dealkylation sites (tertiary alicyclic amines) is 1. The molecule has 138 valence electrons. The third-order valence-electron chi connectivity index (χ3n) is 5.26. The molecule has 0 aromatic carbocycles. The monoisotopic (exact) mass is 355 g/mol. The number of rotatable bonds is 4. The van der Waals surface area contributed by atoms with Crippen molar-refractivity contribution in [1.82, 2.24) is 24.3 Å². The molecule has 1 unspecified atom stereocenters. The maximum absolute atomic E-state index is 12.7. The van der Waals surface area contributed by atoms with Crippen molar-refractivity contribution in [3.8, 4) is 11.4 Å². The zero-order valence-electron chi connectivity index (χ0n) is 15.2. The Labute approximate surface area is 153 Å². The highest BCUT2D eigenvalue weighted by molar-refractivity contribution is 5.78. The average Bonchev–Trinajstić information content (AvgIpc) is 3.30. The minimum absolute atomic E-state index is 0.220. The molecule has 7 heteroatoms. The van der Waals surface area contributed by atoms with Gasteiger partial charge in [-0.1, -0.05) is 0 Å². The van der Waals surface area contributed by atoms with Gasteiger partial charge in [-0.05, 0) is 25.5 Å². The maximum atomic E-state index is 12.7. The fourth-order valence-corrected chi connectivity index (χ4v) is 3.85. The van der Waals surface area contributed by atoms with E-state index < -0.39 is 0 Å². The minimum Gasteiger partial charge on any atom is -0.379 e. The summed E-state index contributed by atoms with van der Waals surface area (Å²) >= 11 is 0. The molecule has 2 aromatic rings. The van der Waals surface area contributed by atoms with E-state index in [-0.39, 0.29) is 11.9 Å². The Balaban J connectivity index is 1.46. The van der Waals surface area contributed by atoms with Gasteiger partial charge in [-0.2, -0.15) is 0 Å².